The minimum Gasteiger partial charge on any atom is -0.465 e. The Morgan fingerprint density at radius 1 is 1.31 bits per heavy atom. The van der Waals surface area contributed by atoms with Crippen LogP contribution in [0.15, 0.2) is 0 Å². The van der Waals surface area contributed by atoms with Gasteiger partial charge >= 0.3 is 5.97 Å². The number of rotatable bonds is 7. The quantitative estimate of drug-likeness (QED) is 0.392. The number of carbonyl (C=O) groups excluding carboxylic acids is 1. The zero-order chi connectivity index (χ0) is 10.1. The van der Waals surface area contributed by atoms with Gasteiger partial charge in [-0.25, -0.2) is 0 Å². The minimum absolute atomic E-state index is 0.178. The second-order valence-electron chi connectivity index (χ2n) is 3.12. The van der Waals surface area contributed by atoms with E-state index in [0.717, 1.165) is 12.8 Å². The van der Waals surface area contributed by atoms with Crippen LogP contribution in [0.5, 0.6) is 0 Å². The van der Waals surface area contributed by atoms with Gasteiger partial charge < -0.3 is 4.74 Å². The molecule has 1 atom stereocenters. The van der Waals surface area contributed by atoms with E-state index in [4.69, 9.17) is 4.74 Å². The fraction of sp³-hybridized carbons (Fsp3) is 0.900. The second kappa shape index (κ2) is 8.42. The molecule has 0 aromatic heterocycles. The summed E-state index contributed by atoms with van der Waals surface area (Å²) in [6.45, 7) is 4.43. The monoisotopic (exact) mass is 204 g/mol. The lowest BCUT2D eigenvalue weighted by atomic mass is 10.1. The molecule has 3 heteroatoms. The average Bonchev–Trinajstić information content (AvgIpc) is 2.12. The van der Waals surface area contributed by atoms with Gasteiger partial charge in [0.25, 0.3) is 0 Å². The van der Waals surface area contributed by atoms with E-state index < -0.39 is 0 Å². The van der Waals surface area contributed by atoms with Gasteiger partial charge in [0.1, 0.15) is 0 Å². The van der Waals surface area contributed by atoms with Crippen LogP contribution in [0.25, 0.3) is 0 Å². The van der Waals surface area contributed by atoms with E-state index in [2.05, 4.69) is 19.6 Å². The van der Waals surface area contributed by atoms with Crippen LogP contribution in [0.1, 0.15) is 46.0 Å². The topological polar surface area (TPSA) is 26.3 Å². The van der Waals surface area contributed by atoms with Crippen LogP contribution in [-0.4, -0.2) is 17.8 Å². The maximum atomic E-state index is 11.1. The van der Waals surface area contributed by atoms with Crippen molar-refractivity contribution in [2.45, 2.75) is 51.2 Å². The van der Waals surface area contributed by atoms with Gasteiger partial charge in [-0.3, -0.25) is 4.79 Å². The summed E-state index contributed by atoms with van der Waals surface area (Å²) in [6.07, 6.45) is 5.55. The molecular formula is C10H20O2S. The van der Waals surface area contributed by atoms with Crippen molar-refractivity contribution in [3.8, 4) is 0 Å². The van der Waals surface area contributed by atoms with E-state index in [1.165, 1.54) is 19.3 Å². The van der Waals surface area contributed by atoms with Gasteiger partial charge in [-0.05, 0) is 13.3 Å². The number of hydrogen-bond acceptors (Lipinski definition) is 3. The first-order chi connectivity index (χ1) is 6.22. The first-order valence-electron chi connectivity index (χ1n) is 5.07. The number of unbranched alkanes of at least 4 members (excludes halogenated alkanes) is 3. The first-order valence-corrected chi connectivity index (χ1v) is 5.58. The number of hydrogen-bond donors (Lipinski definition) is 1. The highest BCUT2D eigenvalue weighted by atomic mass is 32.1. The van der Waals surface area contributed by atoms with Crippen molar-refractivity contribution in [1.82, 2.24) is 0 Å². The molecule has 13 heavy (non-hydrogen) atoms. The highest BCUT2D eigenvalue weighted by molar-refractivity contribution is 7.81. The van der Waals surface area contributed by atoms with E-state index in [0.29, 0.717) is 6.61 Å². The SMILES string of the molecule is CCCCCCC(S)C(=O)OCC. The second-order valence-corrected chi connectivity index (χ2v) is 3.74. The Morgan fingerprint density at radius 3 is 2.54 bits per heavy atom. The Balaban J connectivity index is 3.38. The molecule has 0 aromatic carbocycles. The molecule has 0 rings (SSSR count). The van der Waals surface area contributed by atoms with Crippen molar-refractivity contribution >= 4 is 18.6 Å². The summed E-state index contributed by atoms with van der Waals surface area (Å²) in [4.78, 5) is 11.1. The van der Waals surface area contributed by atoms with Crippen LogP contribution in [0, 0.1) is 0 Å². The number of thiol groups is 1. The number of carbonyl (C=O) groups is 1. The molecule has 0 heterocycles. The predicted molar refractivity (Wildman–Crippen MR) is 58.2 cm³/mol. The zero-order valence-corrected chi connectivity index (χ0v) is 9.48. The smallest absolute Gasteiger partial charge is 0.318 e. The standard InChI is InChI=1S/C10H20O2S/c1-3-5-6-7-8-9(13)10(11)12-4-2/h9,13H,3-8H2,1-2H3. The molecule has 78 valence electrons. The van der Waals surface area contributed by atoms with Gasteiger partial charge in [0.05, 0.1) is 11.9 Å². The van der Waals surface area contributed by atoms with Crippen molar-refractivity contribution in [3.05, 3.63) is 0 Å². The number of esters is 1. The lowest BCUT2D eigenvalue weighted by Crippen LogP contribution is -2.17. The minimum atomic E-state index is -0.225. The van der Waals surface area contributed by atoms with Crippen molar-refractivity contribution in [2.75, 3.05) is 6.61 Å². The van der Waals surface area contributed by atoms with Crippen molar-refractivity contribution in [2.24, 2.45) is 0 Å². The Bertz CT molecular complexity index is 137. The van der Waals surface area contributed by atoms with Gasteiger partial charge in [-0.1, -0.05) is 32.6 Å². The summed E-state index contributed by atoms with van der Waals surface area (Å²) in [7, 11) is 0. The lowest BCUT2D eigenvalue weighted by molar-refractivity contribution is -0.142. The predicted octanol–water partition coefficient (Wildman–Crippen LogP) is 2.82. The molecule has 0 aliphatic carbocycles. The molecule has 0 N–H and O–H groups in total. The molecule has 0 bridgehead atoms. The fourth-order valence-corrected chi connectivity index (χ4v) is 1.38. The van der Waals surface area contributed by atoms with Crippen molar-refractivity contribution in [3.63, 3.8) is 0 Å². The molecule has 0 fully saturated rings. The van der Waals surface area contributed by atoms with Crippen LogP contribution in [0.3, 0.4) is 0 Å². The molecule has 0 spiro atoms. The van der Waals surface area contributed by atoms with Gasteiger partial charge in [0, 0.05) is 0 Å². The highest BCUT2D eigenvalue weighted by Crippen LogP contribution is 2.11. The molecule has 0 radical (unpaired) electrons. The maximum absolute atomic E-state index is 11.1. The summed E-state index contributed by atoms with van der Waals surface area (Å²) in [5, 5.41) is -0.225. The van der Waals surface area contributed by atoms with E-state index in [9.17, 15) is 4.79 Å². The summed E-state index contributed by atoms with van der Waals surface area (Å²) < 4.78 is 4.85. The largest absolute Gasteiger partial charge is 0.465 e. The molecule has 0 saturated carbocycles. The Hall–Kier alpha value is -0.180. The molecule has 1 unspecified atom stereocenters. The van der Waals surface area contributed by atoms with Crippen LogP contribution in [-0.2, 0) is 9.53 Å². The lowest BCUT2D eigenvalue weighted by Gasteiger charge is -2.08. The Kier molecular flexibility index (Phi) is 8.30. The normalized spacial score (nSPS) is 12.5. The molecule has 0 saturated heterocycles. The average molecular weight is 204 g/mol. The summed E-state index contributed by atoms with van der Waals surface area (Å²) >= 11 is 4.19. The molecule has 0 aliphatic heterocycles. The third-order valence-electron chi connectivity index (χ3n) is 1.89. The van der Waals surface area contributed by atoms with Gasteiger partial charge in [0.15, 0.2) is 0 Å². The molecule has 0 aliphatic rings. The van der Waals surface area contributed by atoms with E-state index in [1.54, 1.807) is 0 Å². The Morgan fingerprint density at radius 2 is 2.00 bits per heavy atom. The third-order valence-corrected chi connectivity index (χ3v) is 2.36. The van der Waals surface area contributed by atoms with Gasteiger partial charge in [-0.15, -0.1) is 0 Å². The van der Waals surface area contributed by atoms with Crippen molar-refractivity contribution < 1.29 is 9.53 Å². The third kappa shape index (κ3) is 6.94. The molecule has 0 amide bonds. The van der Waals surface area contributed by atoms with Crippen LogP contribution < -0.4 is 0 Å². The first kappa shape index (κ1) is 12.8. The maximum Gasteiger partial charge on any atom is 0.318 e. The Labute approximate surface area is 86.5 Å². The van der Waals surface area contributed by atoms with Crippen LogP contribution in [0.4, 0.5) is 0 Å². The van der Waals surface area contributed by atoms with Crippen LogP contribution >= 0.6 is 12.6 Å². The molecule has 0 aromatic rings. The van der Waals surface area contributed by atoms with Crippen molar-refractivity contribution in [1.29, 1.82) is 0 Å². The van der Waals surface area contributed by atoms with Crippen LogP contribution in [0.2, 0.25) is 0 Å². The molecule has 2 nitrogen and oxygen atoms in total. The summed E-state index contributed by atoms with van der Waals surface area (Å²) in [5.41, 5.74) is 0. The molecular weight excluding hydrogens is 184 g/mol. The fourth-order valence-electron chi connectivity index (χ4n) is 1.12. The zero-order valence-electron chi connectivity index (χ0n) is 8.58. The van der Waals surface area contributed by atoms with E-state index >= 15 is 0 Å². The summed E-state index contributed by atoms with van der Waals surface area (Å²) in [6, 6.07) is 0. The number of ether oxygens (including phenoxy) is 1. The van der Waals surface area contributed by atoms with E-state index in [1.807, 2.05) is 6.92 Å². The van der Waals surface area contributed by atoms with E-state index in [-0.39, 0.29) is 11.2 Å². The summed E-state index contributed by atoms with van der Waals surface area (Å²) in [5.74, 6) is -0.178. The highest BCUT2D eigenvalue weighted by Gasteiger charge is 2.13. The van der Waals surface area contributed by atoms with Gasteiger partial charge in [-0.2, -0.15) is 12.6 Å². The van der Waals surface area contributed by atoms with Gasteiger partial charge in [0.2, 0.25) is 0 Å².